The van der Waals surface area contributed by atoms with Crippen molar-refractivity contribution in [2.24, 2.45) is 0 Å². The Balaban J connectivity index is 2.37. The summed E-state index contributed by atoms with van der Waals surface area (Å²) in [6, 6.07) is -2.61. The summed E-state index contributed by atoms with van der Waals surface area (Å²) in [4.78, 5) is 70.6. The summed E-state index contributed by atoms with van der Waals surface area (Å²) in [6.45, 7) is 5.64. The number of carbonyl (C=O) groups is 6. The molecule has 0 radical (unpaired) electrons. The van der Waals surface area contributed by atoms with Crippen LogP contribution in [0.1, 0.15) is 41.5 Å². The third kappa shape index (κ3) is 9.89. The van der Waals surface area contributed by atoms with Gasteiger partial charge in [-0.1, -0.05) is 0 Å². The van der Waals surface area contributed by atoms with Gasteiger partial charge in [-0.25, -0.2) is 0 Å². The van der Waals surface area contributed by atoms with Crippen molar-refractivity contribution in [3.05, 3.63) is 0 Å². The van der Waals surface area contributed by atoms with Crippen LogP contribution in [0.5, 0.6) is 0 Å². The first-order valence-corrected chi connectivity index (χ1v) is 12.6. The first-order valence-electron chi connectivity index (χ1n) is 12.6. The van der Waals surface area contributed by atoms with E-state index >= 15 is 0 Å². The molecule has 0 aromatic rings. The molecule has 4 N–H and O–H groups in total. The van der Waals surface area contributed by atoms with Gasteiger partial charge in [0.1, 0.15) is 37.0 Å². The second-order valence-corrected chi connectivity index (χ2v) is 9.41. The van der Waals surface area contributed by atoms with Crippen molar-refractivity contribution in [2.75, 3.05) is 13.2 Å². The molecule has 0 bridgehead atoms. The molecule has 2 aliphatic rings. The van der Waals surface area contributed by atoms with Crippen molar-refractivity contribution in [3.63, 3.8) is 0 Å². The van der Waals surface area contributed by atoms with E-state index in [1.165, 1.54) is 0 Å². The van der Waals surface area contributed by atoms with Crippen LogP contribution in [0.4, 0.5) is 0 Å². The molecule has 41 heavy (non-hydrogen) atoms. The van der Waals surface area contributed by atoms with Crippen LogP contribution in [0.25, 0.3) is 0 Å². The fourth-order valence-corrected chi connectivity index (χ4v) is 4.41. The van der Waals surface area contributed by atoms with Crippen LogP contribution in [-0.4, -0.2) is 120 Å². The largest absolute Gasteiger partial charge is 0.463 e. The van der Waals surface area contributed by atoms with Crippen LogP contribution in [0.2, 0.25) is 0 Å². The SMILES string of the molecule is CC(=O)N[C@@H]1[C@@H](OC(C)=O)[C@@H](O)[C@@H](CO[C@@H]2O[C@H](COC(C)=O)[C@@H](OC(C)=O)[C@H](OC(C)=O)[C@H]2NC(C)=O)O[C@@H]1O. The third-order valence-corrected chi connectivity index (χ3v) is 5.86. The quantitative estimate of drug-likeness (QED) is 0.148. The maximum Gasteiger partial charge on any atom is 0.303 e. The molecule has 0 unspecified atom stereocenters. The lowest BCUT2D eigenvalue weighted by molar-refractivity contribution is -0.301. The van der Waals surface area contributed by atoms with Crippen molar-refractivity contribution in [1.82, 2.24) is 10.6 Å². The molecule has 2 saturated heterocycles. The van der Waals surface area contributed by atoms with Crippen molar-refractivity contribution in [1.29, 1.82) is 0 Å². The molecular weight excluding hydrogens is 556 g/mol. The van der Waals surface area contributed by atoms with Gasteiger partial charge >= 0.3 is 23.9 Å². The Labute approximate surface area is 235 Å². The number of hydrogen-bond donors (Lipinski definition) is 4. The van der Waals surface area contributed by atoms with Crippen LogP contribution >= 0.6 is 0 Å². The van der Waals surface area contributed by atoms with Gasteiger partial charge in [0.2, 0.25) is 11.8 Å². The van der Waals surface area contributed by atoms with Gasteiger partial charge in [-0.05, 0) is 0 Å². The van der Waals surface area contributed by atoms with Gasteiger partial charge in [-0.15, -0.1) is 0 Å². The molecule has 2 amide bonds. The van der Waals surface area contributed by atoms with Crippen LogP contribution in [-0.2, 0) is 61.9 Å². The minimum absolute atomic E-state index is 0.466. The summed E-state index contributed by atoms with van der Waals surface area (Å²) < 4.78 is 37.9. The minimum Gasteiger partial charge on any atom is -0.463 e. The van der Waals surface area contributed by atoms with E-state index < -0.39 is 110 Å². The predicted molar refractivity (Wildman–Crippen MR) is 130 cm³/mol. The molecule has 2 aliphatic heterocycles. The minimum atomic E-state index is -1.74. The van der Waals surface area contributed by atoms with Gasteiger partial charge in [0.05, 0.1) is 6.61 Å². The predicted octanol–water partition coefficient (Wildman–Crippen LogP) is -2.83. The van der Waals surface area contributed by atoms with Crippen molar-refractivity contribution >= 4 is 35.7 Å². The molecule has 0 aromatic carbocycles. The van der Waals surface area contributed by atoms with Crippen LogP contribution < -0.4 is 10.6 Å². The van der Waals surface area contributed by atoms with Crippen molar-refractivity contribution in [3.8, 4) is 0 Å². The average molecular weight is 593 g/mol. The number of carbonyl (C=O) groups excluding carboxylic acids is 6. The molecule has 0 aliphatic carbocycles. The highest BCUT2D eigenvalue weighted by atomic mass is 16.7. The van der Waals surface area contributed by atoms with E-state index in [2.05, 4.69) is 10.6 Å². The Morgan fingerprint density at radius 1 is 0.634 bits per heavy atom. The monoisotopic (exact) mass is 592 g/mol. The van der Waals surface area contributed by atoms with Crippen LogP contribution in [0.3, 0.4) is 0 Å². The van der Waals surface area contributed by atoms with E-state index in [-0.39, 0.29) is 0 Å². The van der Waals surface area contributed by atoms with E-state index in [0.717, 1.165) is 41.5 Å². The highest BCUT2D eigenvalue weighted by Crippen LogP contribution is 2.29. The zero-order valence-corrected chi connectivity index (χ0v) is 23.4. The maximum atomic E-state index is 12.1. The zero-order valence-electron chi connectivity index (χ0n) is 23.4. The van der Waals surface area contributed by atoms with Gasteiger partial charge in [-0.2, -0.15) is 0 Å². The Bertz CT molecular complexity index is 990. The summed E-state index contributed by atoms with van der Waals surface area (Å²) in [5, 5.41) is 26.2. The highest BCUT2D eigenvalue weighted by Gasteiger charge is 2.52. The van der Waals surface area contributed by atoms with Gasteiger partial charge in [0.25, 0.3) is 0 Å². The molecule has 17 nitrogen and oxygen atoms in total. The maximum absolute atomic E-state index is 12.1. The fraction of sp³-hybridized carbons (Fsp3) is 0.750. The fourth-order valence-electron chi connectivity index (χ4n) is 4.41. The smallest absolute Gasteiger partial charge is 0.303 e. The lowest BCUT2D eigenvalue weighted by Gasteiger charge is -2.46. The number of amides is 2. The van der Waals surface area contributed by atoms with Gasteiger partial charge in [0, 0.05) is 41.5 Å². The molecule has 17 heteroatoms. The molecule has 2 rings (SSSR count). The van der Waals surface area contributed by atoms with Crippen LogP contribution in [0.15, 0.2) is 0 Å². The third-order valence-electron chi connectivity index (χ3n) is 5.86. The number of esters is 4. The lowest BCUT2D eigenvalue weighted by Crippen LogP contribution is -2.68. The van der Waals surface area contributed by atoms with Gasteiger partial charge < -0.3 is 54.0 Å². The molecule has 0 aromatic heterocycles. The molecule has 0 spiro atoms. The molecule has 0 saturated carbocycles. The average Bonchev–Trinajstić information content (AvgIpc) is 2.83. The number of aliphatic hydroxyl groups excluding tert-OH is 2. The van der Waals surface area contributed by atoms with Gasteiger partial charge in [-0.3, -0.25) is 28.8 Å². The summed E-state index contributed by atoms with van der Waals surface area (Å²) >= 11 is 0. The Kier molecular flexibility index (Phi) is 12.4. The van der Waals surface area contributed by atoms with E-state index in [1.807, 2.05) is 0 Å². The van der Waals surface area contributed by atoms with Crippen molar-refractivity contribution < 1.29 is 72.1 Å². The highest BCUT2D eigenvalue weighted by molar-refractivity contribution is 5.74. The van der Waals surface area contributed by atoms with E-state index in [9.17, 15) is 39.0 Å². The van der Waals surface area contributed by atoms with E-state index in [1.54, 1.807) is 0 Å². The normalized spacial score (nSPS) is 33.1. The van der Waals surface area contributed by atoms with E-state index in [0.29, 0.717) is 0 Å². The molecule has 10 atom stereocenters. The molecular formula is C24H36N2O15. The Morgan fingerprint density at radius 2 is 1.15 bits per heavy atom. The summed E-state index contributed by atoms with van der Waals surface area (Å²) in [7, 11) is 0. The number of ether oxygens (including phenoxy) is 7. The summed E-state index contributed by atoms with van der Waals surface area (Å²) in [5.74, 6) is -4.31. The van der Waals surface area contributed by atoms with Gasteiger partial charge in [0.15, 0.2) is 30.9 Å². The topological polar surface area (TPSA) is 232 Å². The standard InChI is InChI=1S/C24H36N2O15/c1-9(27)25-17-21(38-13(5)31)19(33)15(40-23(17)34)7-36-24-18(26-10(2)28)22(39-14(6)32)20(37-12(4)30)16(41-24)8-35-11(3)29/h15-24,33-34H,7-8H2,1-6H3,(H,25,27)(H,26,28)/t15-,16-,17-,18-,19+,20-,21-,22-,23+,24-/m1/s1. The summed E-state index contributed by atoms with van der Waals surface area (Å²) in [5.41, 5.74) is 0. The number of nitrogens with one attached hydrogen (secondary N) is 2. The summed E-state index contributed by atoms with van der Waals surface area (Å²) in [6.07, 6.45) is -11.6. The number of aliphatic hydroxyl groups is 2. The first-order chi connectivity index (χ1) is 19.1. The molecule has 232 valence electrons. The lowest BCUT2D eigenvalue weighted by atomic mass is 9.95. The first kappa shape index (κ1) is 33.8. The second-order valence-electron chi connectivity index (χ2n) is 9.41. The number of rotatable bonds is 10. The zero-order chi connectivity index (χ0) is 31.0. The van der Waals surface area contributed by atoms with Crippen LogP contribution in [0, 0.1) is 0 Å². The Morgan fingerprint density at radius 3 is 1.66 bits per heavy atom. The molecule has 2 fully saturated rings. The van der Waals surface area contributed by atoms with Crippen molar-refractivity contribution in [2.45, 2.75) is 103 Å². The second kappa shape index (κ2) is 15.0. The molecule has 2 heterocycles. The number of hydrogen-bond acceptors (Lipinski definition) is 15. The van der Waals surface area contributed by atoms with E-state index in [4.69, 9.17) is 33.2 Å². The Hall–Kier alpha value is -3.38.